The minimum atomic E-state index is -0.382. The molecule has 0 amide bonds. The SMILES string of the molecule is COC(=O)c1cnc(C)cc1-c1ccnc(C)c1. The molecule has 2 aromatic rings. The first kappa shape index (κ1) is 12.2. The van der Waals surface area contributed by atoms with Gasteiger partial charge in [-0.15, -0.1) is 0 Å². The quantitative estimate of drug-likeness (QED) is 0.759. The number of nitrogens with zero attached hydrogens (tertiary/aromatic N) is 2. The van der Waals surface area contributed by atoms with Gasteiger partial charge in [-0.3, -0.25) is 9.97 Å². The largest absolute Gasteiger partial charge is 0.465 e. The Balaban J connectivity index is 2.61. The molecule has 0 atom stereocenters. The molecule has 2 heterocycles. The number of ether oxygens (including phenoxy) is 1. The summed E-state index contributed by atoms with van der Waals surface area (Å²) < 4.78 is 4.77. The highest BCUT2D eigenvalue weighted by Crippen LogP contribution is 2.24. The molecule has 2 aromatic heterocycles. The third-order valence-corrected chi connectivity index (χ3v) is 2.65. The third-order valence-electron chi connectivity index (χ3n) is 2.65. The monoisotopic (exact) mass is 242 g/mol. The van der Waals surface area contributed by atoms with Crippen LogP contribution in [-0.4, -0.2) is 23.0 Å². The van der Waals surface area contributed by atoms with Gasteiger partial charge >= 0.3 is 5.97 Å². The van der Waals surface area contributed by atoms with E-state index in [1.54, 1.807) is 12.4 Å². The molecule has 0 saturated carbocycles. The van der Waals surface area contributed by atoms with E-state index < -0.39 is 0 Å². The molecule has 18 heavy (non-hydrogen) atoms. The van der Waals surface area contributed by atoms with Crippen molar-refractivity contribution in [2.75, 3.05) is 7.11 Å². The van der Waals surface area contributed by atoms with Gasteiger partial charge in [-0.25, -0.2) is 4.79 Å². The van der Waals surface area contributed by atoms with Crippen molar-refractivity contribution in [3.63, 3.8) is 0 Å². The molecule has 4 heteroatoms. The van der Waals surface area contributed by atoms with E-state index in [1.807, 2.05) is 32.0 Å². The predicted molar refractivity (Wildman–Crippen MR) is 68.3 cm³/mol. The predicted octanol–water partition coefficient (Wildman–Crippen LogP) is 2.55. The molecule has 0 radical (unpaired) electrons. The summed E-state index contributed by atoms with van der Waals surface area (Å²) >= 11 is 0. The molecule has 0 unspecified atom stereocenters. The minimum Gasteiger partial charge on any atom is -0.465 e. The summed E-state index contributed by atoms with van der Waals surface area (Å²) in [6.07, 6.45) is 3.27. The van der Waals surface area contributed by atoms with Crippen LogP contribution in [0.5, 0.6) is 0 Å². The zero-order valence-corrected chi connectivity index (χ0v) is 10.6. The van der Waals surface area contributed by atoms with Crippen LogP contribution in [0.25, 0.3) is 11.1 Å². The lowest BCUT2D eigenvalue weighted by atomic mass is 10.0. The van der Waals surface area contributed by atoms with Crippen LogP contribution in [0.3, 0.4) is 0 Å². The van der Waals surface area contributed by atoms with Crippen molar-refractivity contribution in [1.29, 1.82) is 0 Å². The summed E-state index contributed by atoms with van der Waals surface area (Å²) in [4.78, 5) is 20.0. The summed E-state index contributed by atoms with van der Waals surface area (Å²) in [5.41, 5.74) is 3.98. The first-order valence-corrected chi connectivity index (χ1v) is 5.60. The van der Waals surface area contributed by atoms with E-state index in [-0.39, 0.29) is 5.97 Å². The summed E-state index contributed by atoms with van der Waals surface area (Å²) in [5, 5.41) is 0. The second-order valence-electron chi connectivity index (χ2n) is 4.05. The van der Waals surface area contributed by atoms with E-state index in [9.17, 15) is 4.79 Å². The number of esters is 1. The average molecular weight is 242 g/mol. The molecular weight excluding hydrogens is 228 g/mol. The minimum absolute atomic E-state index is 0.382. The van der Waals surface area contributed by atoms with Crippen LogP contribution in [0.15, 0.2) is 30.6 Å². The molecule has 4 nitrogen and oxygen atoms in total. The van der Waals surface area contributed by atoms with Gasteiger partial charge in [0.2, 0.25) is 0 Å². The maximum atomic E-state index is 11.7. The number of aromatic nitrogens is 2. The fourth-order valence-corrected chi connectivity index (χ4v) is 1.78. The first-order valence-electron chi connectivity index (χ1n) is 5.60. The zero-order chi connectivity index (χ0) is 13.1. The van der Waals surface area contributed by atoms with Gasteiger partial charge in [0.15, 0.2) is 0 Å². The molecule has 0 fully saturated rings. The van der Waals surface area contributed by atoms with Crippen LogP contribution in [0.4, 0.5) is 0 Å². The molecule has 0 N–H and O–H groups in total. The van der Waals surface area contributed by atoms with Crippen molar-refractivity contribution < 1.29 is 9.53 Å². The highest BCUT2D eigenvalue weighted by atomic mass is 16.5. The van der Waals surface area contributed by atoms with Gasteiger partial charge in [0.25, 0.3) is 0 Å². The zero-order valence-electron chi connectivity index (χ0n) is 10.6. The van der Waals surface area contributed by atoms with Crippen molar-refractivity contribution >= 4 is 5.97 Å². The van der Waals surface area contributed by atoms with Crippen molar-refractivity contribution in [3.05, 3.63) is 47.5 Å². The van der Waals surface area contributed by atoms with Crippen molar-refractivity contribution in [3.8, 4) is 11.1 Å². The highest BCUT2D eigenvalue weighted by molar-refractivity contribution is 5.96. The maximum Gasteiger partial charge on any atom is 0.340 e. The van der Waals surface area contributed by atoms with E-state index in [2.05, 4.69) is 9.97 Å². The molecule has 0 saturated heterocycles. The number of rotatable bonds is 2. The van der Waals surface area contributed by atoms with Gasteiger partial charge in [0.05, 0.1) is 12.7 Å². The molecule has 92 valence electrons. The lowest BCUT2D eigenvalue weighted by Crippen LogP contribution is -2.05. The van der Waals surface area contributed by atoms with E-state index in [4.69, 9.17) is 4.74 Å². The first-order chi connectivity index (χ1) is 8.61. The summed E-state index contributed by atoms with van der Waals surface area (Å²) in [5.74, 6) is -0.382. The highest BCUT2D eigenvalue weighted by Gasteiger charge is 2.14. The fraction of sp³-hybridized carbons (Fsp3) is 0.214. The fourth-order valence-electron chi connectivity index (χ4n) is 1.78. The number of carbonyl (C=O) groups excluding carboxylic acids is 1. The number of methoxy groups -OCH3 is 1. The molecule has 0 aliphatic heterocycles. The molecule has 2 rings (SSSR count). The van der Waals surface area contributed by atoms with Crippen molar-refractivity contribution in [2.24, 2.45) is 0 Å². The van der Waals surface area contributed by atoms with Gasteiger partial charge in [-0.2, -0.15) is 0 Å². The Bertz CT molecular complexity index is 594. The summed E-state index contributed by atoms with van der Waals surface area (Å²) in [6.45, 7) is 3.80. The van der Waals surface area contributed by atoms with Crippen molar-refractivity contribution in [1.82, 2.24) is 9.97 Å². The Morgan fingerprint density at radius 1 is 1.17 bits per heavy atom. The standard InChI is InChI=1S/C14H14N2O2/c1-9-6-11(4-5-15-9)12-7-10(2)16-8-13(12)14(17)18-3/h4-8H,1-3H3. The Labute approximate surface area is 106 Å². The molecule has 0 aromatic carbocycles. The van der Waals surface area contributed by atoms with Crippen LogP contribution in [0.1, 0.15) is 21.7 Å². The number of hydrogen-bond acceptors (Lipinski definition) is 4. The van der Waals surface area contributed by atoms with E-state index >= 15 is 0 Å². The van der Waals surface area contributed by atoms with Crippen LogP contribution < -0.4 is 0 Å². The maximum absolute atomic E-state index is 11.7. The lowest BCUT2D eigenvalue weighted by molar-refractivity contribution is 0.0601. The molecule has 0 bridgehead atoms. The molecular formula is C14H14N2O2. The number of hydrogen-bond donors (Lipinski definition) is 0. The van der Waals surface area contributed by atoms with Gasteiger partial charge < -0.3 is 4.74 Å². The Morgan fingerprint density at radius 3 is 2.56 bits per heavy atom. The average Bonchev–Trinajstić information content (AvgIpc) is 2.38. The van der Waals surface area contributed by atoms with Crippen LogP contribution in [-0.2, 0) is 4.74 Å². The second-order valence-corrected chi connectivity index (χ2v) is 4.05. The number of carbonyl (C=O) groups is 1. The van der Waals surface area contributed by atoms with E-state index in [1.165, 1.54) is 7.11 Å². The summed E-state index contributed by atoms with van der Waals surface area (Å²) in [6, 6.07) is 5.68. The van der Waals surface area contributed by atoms with E-state index in [0.717, 1.165) is 22.5 Å². The lowest BCUT2D eigenvalue weighted by Gasteiger charge is -2.09. The third kappa shape index (κ3) is 2.37. The molecule has 0 aliphatic carbocycles. The topological polar surface area (TPSA) is 52.1 Å². The molecule has 0 aliphatic rings. The normalized spacial score (nSPS) is 10.2. The summed E-state index contributed by atoms with van der Waals surface area (Å²) in [7, 11) is 1.36. The van der Waals surface area contributed by atoms with Crippen LogP contribution >= 0.6 is 0 Å². The van der Waals surface area contributed by atoms with Gasteiger partial charge in [0.1, 0.15) is 0 Å². The number of aryl methyl sites for hydroxylation is 2. The smallest absolute Gasteiger partial charge is 0.340 e. The Morgan fingerprint density at radius 2 is 1.89 bits per heavy atom. The van der Waals surface area contributed by atoms with E-state index in [0.29, 0.717) is 5.56 Å². The van der Waals surface area contributed by atoms with Gasteiger partial charge in [0, 0.05) is 23.8 Å². The number of pyridine rings is 2. The van der Waals surface area contributed by atoms with Crippen LogP contribution in [0, 0.1) is 13.8 Å². The van der Waals surface area contributed by atoms with Gasteiger partial charge in [-0.1, -0.05) is 0 Å². The Kier molecular flexibility index (Phi) is 3.37. The second kappa shape index (κ2) is 4.96. The van der Waals surface area contributed by atoms with Gasteiger partial charge in [-0.05, 0) is 43.2 Å². The van der Waals surface area contributed by atoms with Crippen molar-refractivity contribution in [2.45, 2.75) is 13.8 Å². The van der Waals surface area contributed by atoms with Crippen LogP contribution in [0.2, 0.25) is 0 Å². The molecule has 0 spiro atoms. The Hall–Kier alpha value is -2.23.